The smallest absolute Gasteiger partial charge is 0.410 e. The first kappa shape index (κ1) is 11.6. The lowest BCUT2D eigenvalue weighted by Crippen LogP contribution is -2.50. The molecular weight excluding hydrogens is 194 g/mol. The van der Waals surface area contributed by atoms with E-state index >= 15 is 0 Å². The quantitative estimate of drug-likeness (QED) is 0.417. The van der Waals surface area contributed by atoms with Crippen molar-refractivity contribution in [2.45, 2.75) is 25.3 Å². The van der Waals surface area contributed by atoms with E-state index in [1.165, 1.54) is 11.0 Å². The molecule has 1 amide bonds. The van der Waals surface area contributed by atoms with Gasteiger partial charge in [-0.3, -0.25) is 10.3 Å². The first-order valence-electron chi connectivity index (χ1n) is 5.05. The lowest BCUT2D eigenvalue weighted by atomic mass is 10.0. The Morgan fingerprint density at radius 1 is 1.67 bits per heavy atom. The molecule has 1 heterocycles. The summed E-state index contributed by atoms with van der Waals surface area (Å²) in [6.07, 6.45) is 3.79. The Hall–Kier alpha value is -1.52. The van der Waals surface area contributed by atoms with Crippen molar-refractivity contribution in [2.75, 3.05) is 13.2 Å². The minimum Gasteiger partial charge on any atom is -0.445 e. The number of piperidine rings is 1. The van der Waals surface area contributed by atoms with Crippen molar-refractivity contribution < 1.29 is 9.53 Å². The van der Waals surface area contributed by atoms with E-state index in [-0.39, 0.29) is 18.5 Å². The predicted octanol–water partition coefficient (Wildman–Crippen LogP) is 1.10. The number of carbonyl (C=O) groups is 1. The molecule has 5 heteroatoms. The molecule has 1 saturated heterocycles. The van der Waals surface area contributed by atoms with Crippen LogP contribution in [-0.4, -0.2) is 36.0 Å². The molecule has 1 atom stereocenters. The topological polar surface area (TPSA) is 79.4 Å². The van der Waals surface area contributed by atoms with Gasteiger partial charge in [0.25, 0.3) is 0 Å². The highest BCUT2D eigenvalue weighted by molar-refractivity contribution is 5.86. The van der Waals surface area contributed by atoms with Crippen LogP contribution in [0.15, 0.2) is 12.7 Å². The van der Waals surface area contributed by atoms with Crippen molar-refractivity contribution in [1.29, 1.82) is 5.41 Å². The third-order valence-corrected chi connectivity index (χ3v) is 2.42. The van der Waals surface area contributed by atoms with Crippen molar-refractivity contribution in [3.8, 4) is 0 Å². The van der Waals surface area contributed by atoms with E-state index in [2.05, 4.69) is 6.58 Å². The zero-order valence-electron chi connectivity index (χ0n) is 8.74. The van der Waals surface area contributed by atoms with Crippen LogP contribution in [0.3, 0.4) is 0 Å². The van der Waals surface area contributed by atoms with Crippen molar-refractivity contribution in [2.24, 2.45) is 5.73 Å². The number of amides is 1. The van der Waals surface area contributed by atoms with E-state index in [0.29, 0.717) is 6.54 Å². The number of amidine groups is 1. The monoisotopic (exact) mass is 211 g/mol. The molecule has 0 aromatic heterocycles. The lowest BCUT2D eigenvalue weighted by Gasteiger charge is -2.33. The van der Waals surface area contributed by atoms with Crippen LogP contribution >= 0.6 is 0 Å². The Morgan fingerprint density at radius 2 is 2.40 bits per heavy atom. The van der Waals surface area contributed by atoms with Crippen molar-refractivity contribution in [3.63, 3.8) is 0 Å². The molecule has 15 heavy (non-hydrogen) atoms. The Balaban J connectivity index is 2.58. The predicted molar refractivity (Wildman–Crippen MR) is 57.8 cm³/mol. The van der Waals surface area contributed by atoms with Gasteiger partial charge in [0.1, 0.15) is 12.4 Å². The molecule has 84 valence electrons. The fourth-order valence-electron chi connectivity index (χ4n) is 1.69. The number of hydrogen-bond acceptors (Lipinski definition) is 3. The second-order valence-electron chi connectivity index (χ2n) is 3.53. The number of nitrogens with two attached hydrogens (primary N) is 1. The number of likely N-dealkylation sites (tertiary alicyclic amines) is 1. The van der Waals surface area contributed by atoms with E-state index in [1.807, 2.05) is 0 Å². The fourth-order valence-corrected chi connectivity index (χ4v) is 1.69. The number of hydrogen-bond donors (Lipinski definition) is 2. The summed E-state index contributed by atoms with van der Waals surface area (Å²) in [6.45, 7) is 4.27. The third-order valence-electron chi connectivity index (χ3n) is 2.42. The molecule has 1 fully saturated rings. The summed E-state index contributed by atoms with van der Waals surface area (Å²) < 4.78 is 4.93. The molecule has 1 aliphatic rings. The molecule has 1 unspecified atom stereocenters. The number of nitrogens with zero attached hydrogens (tertiary/aromatic N) is 1. The molecule has 0 saturated carbocycles. The van der Waals surface area contributed by atoms with Crippen LogP contribution in [0.2, 0.25) is 0 Å². The Morgan fingerprint density at radius 3 is 3.00 bits per heavy atom. The van der Waals surface area contributed by atoms with Crippen LogP contribution in [-0.2, 0) is 4.74 Å². The Labute approximate surface area is 89.4 Å². The third kappa shape index (κ3) is 2.97. The minimum absolute atomic E-state index is 0.0326. The van der Waals surface area contributed by atoms with Gasteiger partial charge in [-0.2, -0.15) is 0 Å². The van der Waals surface area contributed by atoms with Crippen LogP contribution < -0.4 is 5.73 Å². The van der Waals surface area contributed by atoms with Crippen LogP contribution in [0.25, 0.3) is 0 Å². The molecule has 0 aromatic carbocycles. The molecule has 5 nitrogen and oxygen atoms in total. The van der Waals surface area contributed by atoms with Crippen LogP contribution in [0.4, 0.5) is 4.79 Å². The van der Waals surface area contributed by atoms with Gasteiger partial charge >= 0.3 is 6.09 Å². The van der Waals surface area contributed by atoms with Crippen molar-refractivity contribution in [1.82, 2.24) is 4.90 Å². The molecule has 1 aliphatic heterocycles. The highest BCUT2D eigenvalue weighted by Crippen LogP contribution is 2.17. The van der Waals surface area contributed by atoms with Crippen molar-refractivity contribution >= 4 is 11.9 Å². The zero-order chi connectivity index (χ0) is 11.3. The van der Waals surface area contributed by atoms with Gasteiger partial charge in [-0.25, -0.2) is 4.79 Å². The second-order valence-corrected chi connectivity index (χ2v) is 3.53. The Bertz CT molecular complexity index is 265. The molecule has 3 N–H and O–H groups in total. The molecular formula is C10H17N3O2. The van der Waals surface area contributed by atoms with Gasteiger partial charge in [-0.15, -0.1) is 0 Å². The van der Waals surface area contributed by atoms with Gasteiger partial charge in [0.2, 0.25) is 0 Å². The maximum atomic E-state index is 11.6. The lowest BCUT2D eigenvalue weighted by molar-refractivity contribution is 0.0945. The fraction of sp³-hybridized carbons (Fsp3) is 0.600. The van der Waals surface area contributed by atoms with E-state index < -0.39 is 6.09 Å². The van der Waals surface area contributed by atoms with Gasteiger partial charge in [-0.1, -0.05) is 12.7 Å². The highest BCUT2D eigenvalue weighted by Gasteiger charge is 2.29. The van der Waals surface area contributed by atoms with Crippen LogP contribution in [0, 0.1) is 5.41 Å². The Kier molecular flexibility index (Phi) is 4.15. The molecule has 0 spiro atoms. The molecule has 0 radical (unpaired) electrons. The average molecular weight is 211 g/mol. The number of ether oxygens (including phenoxy) is 1. The first-order chi connectivity index (χ1) is 7.16. The average Bonchev–Trinajstić information content (AvgIpc) is 2.25. The maximum Gasteiger partial charge on any atom is 0.410 e. The van der Waals surface area contributed by atoms with Gasteiger partial charge in [0.05, 0.1) is 6.04 Å². The van der Waals surface area contributed by atoms with Crippen LogP contribution in [0.5, 0.6) is 0 Å². The van der Waals surface area contributed by atoms with Gasteiger partial charge in [0.15, 0.2) is 0 Å². The summed E-state index contributed by atoms with van der Waals surface area (Å²) in [5.41, 5.74) is 5.44. The van der Waals surface area contributed by atoms with Crippen LogP contribution in [0.1, 0.15) is 19.3 Å². The highest BCUT2D eigenvalue weighted by atomic mass is 16.6. The van der Waals surface area contributed by atoms with E-state index in [1.54, 1.807) is 0 Å². The maximum absolute atomic E-state index is 11.6. The number of nitrogens with one attached hydrogen (secondary N) is 1. The van der Waals surface area contributed by atoms with E-state index in [4.69, 9.17) is 15.9 Å². The van der Waals surface area contributed by atoms with Gasteiger partial charge in [0, 0.05) is 6.54 Å². The summed E-state index contributed by atoms with van der Waals surface area (Å²) in [5.74, 6) is 0.0326. The normalized spacial score (nSPS) is 20.8. The summed E-state index contributed by atoms with van der Waals surface area (Å²) >= 11 is 0. The SMILES string of the molecule is C=CCOC(=O)N1CCCCC1C(=N)N. The number of rotatable bonds is 3. The largest absolute Gasteiger partial charge is 0.445 e. The molecule has 0 aliphatic carbocycles. The van der Waals surface area contributed by atoms with Gasteiger partial charge < -0.3 is 10.5 Å². The minimum atomic E-state index is -0.408. The molecule has 0 aromatic rings. The summed E-state index contributed by atoms with van der Waals surface area (Å²) in [6, 6.07) is -0.295. The first-order valence-corrected chi connectivity index (χ1v) is 5.05. The van der Waals surface area contributed by atoms with E-state index in [9.17, 15) is 4.79 Å². The number of carbonyl (C=O) groups excluding carboxylic acids is 1. The molecule has 1 rings (SSSR count). The summed E-state index contributed by atoms with van der Waals surface area (Å²) in [4.78, 5) is 13.1. The summed E-state index contributed by atoms with van der Waals surface area (Å²) in [5, 5.41) is 7.40. The zero-order valence-corrected chi connectivity index (χ0v) is 8.74. The second kappa shape index (κ2) is 5.38. The van der Waals surface area contributed by atoms with Gasteiger partial charge in [-0.05, 0) is 19.3 Å². The van der Waals surface area contributed by atoms with E-state index in [0.717, 1.165) is 19.3 Å². The van der Waals surface area contributed by atoms with Crippen molar-refractivity contribution in [3.05, 3.63) is 12.7 Å². The standard InChI is InChI=1S/C10H17N3O2/c1-2-7-15-10(14)13-6-4-3-5-8(13)9(11)12/h2,8H,1,3-7H2,(H3,11,12). The molecule has 0 bridgehead atoms. The summed E-state index contributed by atoms with van der Waals surface area (Å²) in [7, 11) is 0.